The van der Waals surface area contributed by atoms with Gasteiger partial charge in [-0.15, -0.1) is 0 Å². The van der Waals surface area contributed by atoms with Crippen molar-refractivity contribution in [3.63, 3.8) is 0 Å². The van der Waals surface area contributed by atoms with Crippen molar-refractivity contribution in [2.75, 3.05) is 7.11 Å². The molecule has 1 heterocycles. The molecule has 1 N–H and O–H groups in total. The largest absolute Gasteiger partial charge is 0.497 e. The average molecular weight is 292 g/mol. The molecule has 0 atom stereocenters. The number of hydrogen-bond acceptors (Lipinski definition) is 3. The molecule has 1 amide bonds. The Morgan fingerprint density at radius 3 is 2.73 bits per heavy atom. The highest BCUT2D eigenvalue weighted by atomic mass is 16.5. The van der Waals surface area contributed by atoms with Gasteiger partial charge in [-0.3, -0.25) is 9.78 Å². The number of rotatable bonds is 4. The van der Waals surface area contributed by atoms with Gasteiger partial charge in [0.15, 0.2) is 0 Å². The van der Waals surface area contributed by atoms with Crippen LogP contribution in [0.1, 0.15) is 15.9 Å². The molecule has 0 aliphatic rings. The third-order valence-electron chi connectivity index (χ3n) is 3.48. The first-order chi connectivity index (χ1) is 10.8. The number of pyridine rings is 1. The van der Waals surface area contributed by atoms with E-state index in [-0.39, 0.29) is 5.91 Å². The van der Waals surface area contributed by atoms with E-state index in [1.165, 1.54) is 0 Å². The summed E-state index contributed by atoms with van der Waals surface area (Å²) >= 11 is 0. The molecule has 0 aliphatic carbocycles. The first-order valence-corrected chi connectivity index (χ1v) is 7.02. The number of ether oxygens (including phenoxy) is 1. The fourth-order valence-corrected chi connectivity index (χ4v) is 2.24. The molecule has 4 heteroatoms. The lowest BCUT2D eigenvalue weighted by atomic mass is 10.1. The van der Waals surface area contributed by atoms with Crippen LogP contribution in [0.4, 0.5) is 0 Å². The van der Waals surface area contributed by atoms with E-state index in [9.17, 15) is 4.79 Å². The minimum atomic E-state index is -0.0958. The lowest BCUT2D eigenvalue weighted by Gasteiger charge is -2.07. The molecular weight excluding hydrogens is 276 g/mol. The lowest BCUT2D eigenvalue weighted by Crippen LogP contribution is -2.22. The van der Waals surface area contributed by atoms with Crippen molar-refractivity contribution in [1.82, 2.24) is 10.3 Å². The molecule has 0 spiro atoms. The van der Waals surface area contributed by atoms with Crippen LogP contribution in [0.15, 0.2) is 60.8 Å². The molecule has 2 aromatic carbocycles. The predicted octanol–water partition coefficient (Wildman–Crippen LogP) is 3.17. The van der Waals surface area contributed by atoms with E-state index in [4.69, 9.17) is 4.74 Å². The topological polar surface area (TPSA) is 51.2 Å². The summed E-state index contributed by atoms with van der Waals surface area (Å²) in [5.41, 5.74) is 2.54. The number of fused-ring (bicyclic) bond motifs is 1. The number of hydrogen-bond donors (Lipinski definition) is 1. The Morgan fingerprint density at radius 2 is 1.95 bits per heavy atom. The van der Waals surface area contributed by atoms with Crippen LogP contribution in [0.5, 0.6) is 5.75 Å². The van der Waals surface area contributed by atoms with Crippen molar-refractivity contribution >= 4 is 16.8 Å². The number of carbonyl (C=O) groups is 1. The number of amides is 1. The fraction of sp³-hybridized carbons (Fsp3) is 0.111. The van der Waals surface area contributed by atoms with Gasteiger partial charge in [0.05, 0.1) is 12.6 Å². The summed E-state index contributed by atoms with van der Waals surface area (Å²) in [5.74, 6) is 0.707. The molecule has 0 radical (unpaired) electrons. The normalized spacial score (nSPS) is 10.4. The van der Waals surface area contributed by atoms with Crippen LogP contribution in [-0.4, -0.2) is 18.0 Å². The minimum Gasteiger partial charge on any atom is -0.497 e. The fourth-order valence-electron chi connectivity index (χ4n) is 2.24. The van der Waals surface area contributed by atoms with E-state index in [1.807, 2.05) is 48.5 Å². The third-order valence-corrected chi connectivity index (χ3v) is 3.48. The van der Waals surface area contributed by atoms with Gasteiger partial charge in [0.25, 0.3) is 5.91 Å². The Morgan fingerprint density at radius 1 is 1.14 bits per heavy atom. The smallest absolute Gasteiger partial charge is 0.251 e. The van der Waals surface area contributed by atoms with E-state index in [0.29, 0.717) is 12.1 Å². The Hall–Kier alpha value is -2.88. The number of nitrogens with zero attached hydrogens (tertiary/aromatic N) is 1. The highest BCUT2D eigenvalue weighted by Crippen LogP contribution is 2.14. The third kappa shape index (κ3) is 3.06. The van der Waals surface area contributed by atoms with Gasteiger partial charge in [0.2, 0.25) is 0 Å². The average Bonchev–Trinajstić information content (AvgIpc) is 2.59. The van der Waals surface area contributed by atoms with Gasteiger partial charge in [0, 0.05) is 23.7 Å². The predicted molar refractivity (Wildman–Crippen MR) is 85.9 cm³/mol. The summed E-state index contributed by atoms with van der Waals surface area (Å²) in [6, 6.07) is 16.9. The quantitative estimate of drug-likeness (QED) is 0.803. The Bertz CT molecular complexity index is 798. The zero-order valence-electron chi connectivity index (χ0n) is 12.2. The summed E-state index contributed by atoms with van der Waals surface area (Å²) in [6.07, 6.45) is 1.74. The van der Waals surface area contributed by atoms with Crippen LogP contribution in [0.3, 0.4) is 0 Å². The maximum atomic E-state index is 12.2. The van der Waals surface area contributed by atoms with E-state index in [1.54, 1.807) is 19.4 Å². The summed E-state index contributed by atoms with van der Waals surface area (Å²) in [7, 11) is 1.63. The first kappa shape index (κ1) is 14.1. The maximum Gasteiger partial charge on any atom is 0.251 e. The van der Waals surface area contributed by atoms with E-state index < -0.39 is 0 Å². The second kappa shape index (κ2) is 6.26. The molecule has 1 aromatic heterocycles. The van der Waals surface area contributed by atoms with Crippen molar-refractivity contribution in [2.45, 2.75) is 6.54 Å². The van der Waals surface area contributed by atoms with Gasteiger partial charge >= 0.3 is 0 Å². The van der Waals surface area contributed by atoms with Crippen molar-refractivity contribution in [1.29, 1.82) is 0 Å². The summed E-state index contributed by atoms with van der Waals surface area (Å²) < 4.78 is 5.11. The monoisotopic (exact) mass is 292 g/mol. The molecule has 0 bridgehead atoms. The Kier molecular flexibility index (Phi) is 4.01. The van der Waals surface area contributed by atoms with E-state index in [2.05, 4.69) is 10.3 Å². The summed E-state index contributed by atoms with van der Waals surface area (Å²) in [5, 5.41) is 3.88. The SMILES string of the molecule is COc1ccc(CNC(=O)c2ccc3ncccc3c2)cc1. The van der Waals surface area contributed by atoms with Crippen LogP contribution in [0, 0.1) is 0 Å². The molecule has 0 saturated carbocycles. The van der Waals surface area contributed by atoms with Gasteiger partial charge in [-0.05, 0) is 42.0 Å². The molecular formula is C18H16N2O2. The number of nitrogens with one attached hydrogen (secondary N) is 1. The number of aromatic nitrogens is 1. The van der Waals surface area contributed by atoms with Crippen molar-refractivity contribution in [2.24, 2.45) is 0 Å². The second-order valence-corrected chi connectivity index (χ2v) is 4.94. The van der Waals surface area contributed by atoms with Gasteiger partial charge in [-0.25, -0.2) is 0 Å². The molecule has 0 fully saturated rings. The van der Waals surface area contributed by atoms with Crippen LogP contribution in [-0.2, 0) is 6.54 Å². The second-order valence-electron chi connectivity index (χ2n) is 4.94. The minimum absolute atomic E-state index is 0.0958. The van der Waals surface area contributed by atoms with E-state index >= 15 is 0 Å². The van der Waals surface area contributed by atoms with Crippen LogP contribution >= 0.6 is 0 Å². The van der Waals surface area contributed by atoms with Crippen LogP contribution in [0.25, 0.3) is 10.9 Å². The molecule has 3 rings (SSSR count). The van der Waals surface area contributed by atoms with Gasteiger partial charge in [-0.2, -0.15) is 0 Å². The van der Waals surface area contributed by atoms with Gasteiger partial charge < -0.3 is 10.1 Å². The number of methoxy groups -OCH3 is 1. The van der Waals surface area contributed by atoms with Crippen LogP contribution in [0.2, 0.25) is 0 Å². The number of carbonyl (C=O) groups excluding carboxylic acids is 1. The van der Waals surface area contributed by atoms with Crippen molar-refractivity contribution in [3.8, 4) is 5.75 Å². The Labute approximate surface area is 128 Å². The molecule has 0 saturated heterocycles. The zero-order chi connectivity index (χ0) is 15.4. The first-order valence-electron chi connectivity index (χ1n) is 7.02. The molecule has 3 aromatic rings. The standard InChI is InChI=1S/C18H16N2O2/c1-22-16-7-4-13(5-8-16)12-20-18(21)15-6-9-17-14(11-15)3-2-10-19-17/h2-11H,12H2,1H3,(H,20,21). The highest BCUT2D eigenvalue weighted by molar-refractivity contribution is 5.97. The number of benzene rings is 2. The van der Waals surface area contributed by atoms with Gasteiger partial charge in [-0.1, -0.05) is 18.2 Å². The molecule has 110 valence electrons. The molecule has 22 heavy (non-hydrogen) atoms. The zero-order valence-corrected chi connectivity index (χ0v) is 12.2. The summed E-state index contributed by atoms with van der Waals surface area (Å²) in [6.45, 7) is 0.480. The Balaban J connectivity index is 1.69. The van der Waals surface area contributed by atoms with Crippen molar-refractivity contribution in [3.05, 3.63) is 71.9 Å². The van der Waals surface area contributed by atoms with Gasteiger partial charge in [0.1, 0.15) is 5.75 Å². The maximum absolute atomic E-state index is 12.2. The highest BCUT2D eigenvalue weighted by Gasteiger charge is 2.06. The lowest BCUT2D eigenvalue weighted by molar-refractivity contribution is 0.0951. The molecule has 0 unspecified atom stereocenters. The van der Waals surface area contributed by atoms with Crippen molar-refractivity contribution < 1.29 is 9.53 Å². The van der Waals surface area contributed by atoms with E-state index in [0.717, 1.165) is 22.2 Å². The molecule has 4 nitrogen and oxygen atoms in total. The molecule has 0 aliphatic heterocycles. The summed E-state index contributed by atoms with van der Waals surface area (Å²) in [4.78, 5) is 16.5. The van der Waals surface area contributed by atoms with Crippen LogP contribution < -0.4 is 10.1 Å².